The van der Waals surface area contributed by atoms with Gasteiger partial charge in [-0.25, -0.2) is 22.0 Å². The zero-order valence-corrected chi connectivity index (χ0v) is 18.3. The van der Waals surface area contributed by atoms with Crippen molar-refractivity contribution in [3.05, 3.63) is 59.2 Å². The van der Waals surface area contributed by atoms with Gasteiger partial charge in [-0.15, -0.1) is 0 Å². The van der Waals surface area contributed by atoms with Gasteiger partial charge in [-0.2, -0.15) is 0 Å². The van der Waals surface area contributed by atoms with Gasteiger partial charge < -0.3 is 10.0 Å². The minimum Gasteiger partial charge on any atom is -0.478 e. The van der Waals surface area contributed by atoms with Crippen molar-refractivity contribution in [1.82, 2.24) is 9.80 Å². The molecule has 0 atom stereocenters. The van der Waals surface area contributed by atoms with Crippen molar-refractivity contribution in [1.29, 1.82) is 0 Å². The van der Waals surface area contributed by atoms with Crippen molar-refractivity contribution in [2.75, 3.05) is 30.9 Å². The Bertz CT molecular complexity index is 1130. The summed E-state index contributed by atoms with van der Waals surface area (Å²) in [6.45, 7) is 6.81. The molecule has 32 heavy (non-hydrogen) atoms. The maximum Gasteiger partial charge on any atom is 0.338 e. The molecule has 0 spiro atoms. The van der Waals surface area contributed by atoms with Crippen LogP contribution in [0.3, 0.4) is 0 Å². The number of halogens is 2. The summed E-state index contributed by atoms with van der Waals surface area (Å²) in [5.41, 5.74) is -1.33. The molecular weight excluding hydrogens is 444 g/mol. The Morgan fingerprint density at radius 1 is 1.00 bits per heavy atom. The molecule has 1 amide bonds. The van der Waals surface area contributed by atoms with Crippen LogP contribution in [0.5, 0.6) is 0 Å². The first kappa shape index (κ1) is 23.6. The molecule has 11 heteroatoms. The van der Waals surface area contributed by atoms with Gasteiger partial charge in [-0.3, -0.25) is 14.4 Å². The van der Waals surface area contributed by atoms with Crippen LogP contribution in [0.4, 0.5) is 14.5 Å². The van der Waals surface area contributed by atoms with E-state index in [1.807, 2.05) is 4.72 Å². The van der Waals surface area contributed by atoms with Crippen LogP contribution in [-0.2, 0) is 10.0 Å². The van der Waals surface area contributed by atoms with E-state index >= 15 is 0 Å². The molecule has 3 rings (SSSR count). The first-order valence-corrected chi connectivity index (χ1v) is 11.4. The number of rotatable bonds is 6. The van der Waals surface area contributed by atoms with Crippen LogP contribution in [-0.4, -0.2) is 67.4 Å². The molecule has 2 N–H and O–H groups in total. The third-order valence-electron chi connectivity index (χ3n) is 5.27. The molecule has 0 radical (unpaired) electrons. The molecule has 1 fully saturated rings. The number of amides is 1. The standard InChI is InChI=1S/C21H23F2N3O5S/c1-13(2)25-7-9-26(10-8-25)20(27)14-3-5-15(6-4-14)32(30,31)24-19-12-17(22)16(21(28)29)11-18(19)23/h3-6,11-13,24H,7-10H2,1-2H3,(H,28,29). The normalized spacial score (nSPS) is 15.1. The van der Waals surface area contributed by atoms with Crippen LogP contribution >= 0.6 is 0 Å². The number of anilines is 1. The van der Waals surface area contributed by atoms with E-state index in [2.05, 4.69) is 18.7 Å². The summed E-state index contributed by atoms with van der Waals surface area (Å²) in [6.07, 6.45) is 0. The molecule has 1 aliphatic rings. The van der Waals surface area contributed by atoms with Crippen molar-refractivity contribution >= 4 is 27.6 Å². The van der Waals surface area contributed by atoms with Gasteiger partial charge in [0.15, 0.2) is 0 Å². The third-order valence-corrected chi connectivity index (χ3v) is 6.66. The molecule has 1 saturated heterocycles. The Morgan fingerprint density at radius 2 is 1.59 bits per heavy atom. The predicted molar refractivity (Wildman–Crippen MR) is 113 cm³/mol. The number of nitrogens with one attached hydrogen (secondary N) is 1. The highest BCUT2D eigenvalue weighted by Crippen LogP contribution is 2.23. The van der Waals surface area contributed by atoms with Crippen LogP contribution in [0.2, 0.25) is 0 Å². The lowest BCUT2D eigenvalue weighted by Crippen LogP contribution is -2.50. The maximum absolute atomic E-state index is 14.1. The lowest BCUT2D eigenvalue weighted by atomic mass is 10.1. The first-order chi connectivity index (χ1) is 15.0. The summed E-state index contributed by atoms with van der Waals surface area (Å²) in [5, 5.41) is 8.82. The molecule has 1 heterocycles. The fourth-order valence-electron chi connectivity index (χ4n) is 3.39. The highest BCUT2D eigenvalue weighted by atomic mass is 32.2. The summed E-state index contributed by atoms with van der Waals surface area (Å²) in [4.78, 5) is 27.3. The van der Waals surface area contributed by atoms with Crippen LogP contribution < -0.4 is 4.72 Å². The number of hydrogen-bond acceptors (Lipinski definition) is 5. The molecule has 0 saturated carbocycles. The van der Waals surface area contributed by atoms with Gasteiger partial charge in [-0.1, -0.05) is 0 Å². The van der Waals surface area contributed by atoms with Gasteiger partial charge in [0, 0.05) is 43.9 Å². The molecule has 0 aliphatic carbocycles. The van der Waals surface area contributed by atoms with Crippen molar-refractivity contribution < 1.29 is 31.9 Å². The summed E-state index contributed by atoms with van der Waals surface area (Å²) < 4.78 is 54.9. The number of piperazine rings is 1. The van der Waals surface area contributed by atoms with E-state index in [1.54, 1.807) is 4.90 Å². The lowest BCUT2D eigenvalue weighted by molar-refractivity contribution is 0.0595. The van der Waals surface area contributed by atoms with E-state index < -0.39 is 38.9 Å². The number of sulfonamides is 1. The zero-order valence-electron chi connectivity index (χ0n) is 17.5. The zero-order chi connectivity index (χ0) is 23.6. The topological polar surface area (TPSA) is 107 Å². The number of benzene rings is 2. The fraction of sp³-hybridized carbons (Fsp3) is 0.333. The first-order valence-electron chi connectivity index (χ1n) is 9.88. The number of aromatic carboxylic acids is 1. The van der Waals surface area contributed by atoms with E-state index in [4.69, 9.17) is 5.11 Å². The summed E-state index contributed by atoms with van der Waals surface area (Å²) in [5.74, 6) is -4.42. The van der Waals surface area contributed by atoms with Crippen LogP contribution in [0.25, 0.3) is 0 Å². The summed E-state index contributed by atoms with van der Waals surface area (Å²) in [6, 6.07) is 6.36. The van der Waals surface area contributed by atoms with E-state index in [-0.39, 0.29) is 10.8 Å². The number of nitrogens with zero attached hydrogens (tertiary/aromatic N) is 2. The largest absolute Gasteiger partial charge is 0.478 e. The van der Waals surface area contributed by atoms with E-state index in [1.165, 1.54) is 24.3 Å². The van der Waals surface area contributed by atoms with E-state index in [9.17, 15) is 26.8 Å². The minimum absolute atomic E-state index is 0.220. The van der Waals surface area contributed by atoms with Gasteiger partial charge in [0.2, 0.25) is 0 Å². The minimum atomic E-state index is -4.31. The number of hydrogen-bond donors (Lipinski definition) is 2. The van der Waals surface area contributed by atoms with Crippen molar-refractivity contribution in [3.63, 3.8) is 0 Å². The van der Waals surface area contributed by atoms with Crippen molar-refractivity contribution in [3.8, 4) is 0 Å². The summed E-state index contributed by atoms with van der Waals surface area (Å²) in [7, 11) is -4.31. The maximum atomic E-state index is 14.1. The van der Waals surface area contributed by atoms with Gasteiger partial charge in [0.1, 0.15) is 11.6 Å². The average molecular weight is 467 g/mol. The quantitative estimate of drug-likeness (QED) is 0.677. The van der Waals surface area contributed by atoms with Crippen molar-refractivity contribution in [2.45, 2.75) is 24.8 Å². The molecule has 1 aliphatic heterocycles. The molecule has 0 bridgehead atoms. The average Bonchev–Trinajstić information content (AvgIpc) is 2.75. The monoisotopic (exact) mass is 467 g/mol. The van der Waals surface area contributed by atoms with Crippen LogP contribution in [0, 0.1) is 11.6 Å². The number of carbonyl (C=O) groups is 2. The smallest absolute Gasteiger partial charge is 0.338 e. The van der Waals surface area contributed by atoms with Gasteiger partial charge in [-0.05, 0) is 44.2 Å². The molecule has 2 aromatic carbocycles. The third kappa shape index (κ3) is 5.05. The van der Waals surface area contributed by atoms with Gasteiger partial charge in [0.25, 0.3) is 15.9 Å². The predicted octanol–water partition coefficient (Wildman–Crippen LogP) is 2.63. The van der Waals surface area contributed by atoms with Crippen LogP contribution in [0.1, 0.15) is 34.6 Å². The second-order valence-corrected chi connectivity index (χ2v) is 9.35. The highest BCUT2D eigenvalue weighted by Gasteiger charge is 2.24. The van der Waals surface area contributed by atoms with Crippen molar-refractivity contribution in [2.24, 2.45) is 0 Å². The molecular formula is C21H23F2N3O5S. The van der Waals surface area contributed by atoms with Crippen LogP contribution in [0.15, 0.2) is 41.3 Å². The van der Waals surface area contributed by atoms with E-state index in [0.29, 0.717) is 36.8 Å². The molecule has 0 unspecified atom stereocenters. The Hall–Kier alpha value is -3.05. The highest BCUT2D eigenvalue weighted by molar-refractivity contribution is 7.92. The molecule has 8 nitrogen and oxygen atoms in total. The number of carboxylic acids is 1. The molecule has 2 aromatic rings. The Morgan fingerprint density at radius 3 is 2.12 bits per heavy atom. The number of carboxylic acid groups (broad SMARTS) is 1. The lowest BCUT2D eigenvalue weighted by Gasteiger charge is -2.37. The second-order valence-electron chi connectivity index (χ2n) is 7.67. The Labute approximate surface area is 184 Å². The Kier molecular flexibility index (Phi) is 6.79. The summed E-state index contributed by atoms with van der Waals surface area (Å²) >= 11 is 0. The second kappa shape index (κ2) is 9.21. The fourth-order valence-corrected chi connectivity index (χ4v) is 4.45. The molecule has 0 aromatic heterocycles. The van der Waals surface area contributed by atoms with Gasteiger partial charge in [0.05, 0.1) is 16.1 Å². The van der Waals surface area contributed by atoms with Gasteiger partial charge >= 0.3 is 5.97 Å². The molecule has 172 valence electrons. The number of carbonyl (C=O) groups excluding carboxylic acids is 1. The SMILES string of the molecule is CC(C)N1CCN(C(=O)c2ccc(S(=O)(=O)Nc3cc(F)c(C(=O)O)cc3F)cc2)CC1. The van der Waals surface area contributed by atoms with E-state index in [0.717, 1.165) is 13.1 Å². The Balaban J connectivity index is 1.73.